The van der Waals surface area contributed by atoms with Crippen molar-refractivity contribution in [2.45, 2.75) is 44.9 Å². The van der Waals surface area contributed by atoms with Crippen molar-refractivity contribution in [1.29, 1.82) is 0 Å². The summed E-state index contributed by atoms with van der Waals surface area (Å²) in [5.41, 5.74) is 1.02. The third-order valence-corrected chi connectivity index (χ3v) is 4.20. The smallest absolute Gasteiger partial charge is 0.338 e. The summed E-state index contributed by atoms with van der Waals surface area (Å²) in [6, 6.07) is 4.30. The number of carbonyl (C=O) groups is 1. The Hall–Kier alpha value is -1.40. The molecule has 0 amide bonds. The largest absolute Gasteiger partial charge is 0.462 e. The van der Waals surface area contributed by atoms with E-state index in [1.54, 1.807) is 6.07 Å². The molecular formula is C15H23NO4S. The highest BCUT2D eigenvalue weighted by Gasteiger charge is 2.17. The van der Waals surface area contributed by atoms with Crippen LogP contribution in [0.1, 0.15) is 49.5 Å². The monoisotopic (exact) mass is 313 g/mol. The summed E-state index contributed by atoms with van der Waals surface area (Å²) >= 11 is 0. The Morgan fingerprint density at radius 3 is 2.52 bits per heavy atom. The van der Waals surface area contributed by atoms with Gasteiger partial charge in [0, 0.05) is 0 Å². The molecule has 1 aromatic carbocycles. The molecule has 1 atom stereocenters. The Morgan fingerprint density at radius 2 is 2.00 bits per heavy atom. The highest BCUT2D eigenvalue weighted by Crippen LogP contribution is 2.18. The molecule has 1 unspecified atom stereocenters. The zero-order valence-corrected chi connectivity index (χ0v) is 13.6. The summed E-state index contributed by atoms with van der Waals surface area (Å²) in [4.78, 5) is 12.1. The van der Waals surface area contributed by atoms with Crippen LogP contribution in [0, 0.1) is 5.92 Å². The molecule has 0 saturated heterocycles. The van der Waals surface area contributed by atoms with Crippen molar-refractivity contribution >= 4 is 16.0 Å². The van der Waals surface area contributed by atoms with Crippen molar-refractivity contribution in [1.82, 2.24) is 0 Å². The van der Waals surface area contributed by atoms with E-state index in [0.29, 0.717) is 13.0 Å². The summed E-state index contributed by atoms with van der Waals surface area (Å²) in [6.07, 6.45) is 2.62. The molecule has 0 aromatic heterocycles. The van der Waals surface area contributed by atoms with Crippen LogP contribution in [0.5, 0.6) is 0 Å². The van der Waals surface area contributed by atoms with Crippen LogP contribution in [-0.4, -0.2) is 21.0 Å². The number of ether oxygens (including phenoxy) is 1. The van der Waals surface area contributed by atoms with Crippen molar-refractivity contribution in [3.8, 4) is 0 Å². The maximum Gasteiger partial charge on any atom is 0.338 e. The molecule has 2 N–H and O–H groups in total. The van der Waals surface area contributed by atoms with Gasteiger partial charge in [-0.25, -0.2) is 18.4 Å². The van der Waals surface area contributed by atoms with E-state index in [9.17, 15) is 13.2 Å². The van der Waals surface area contributed by atoms with Crippen molar-refractivity contribution in [2.75, 3.05) is 6.61 Å². The van der Waals surface area contributed by atoms with Gasteiger partial charge in [0.2, 0.25) is 10.0 Å². The van der Waals surface area contributed by atoms with Gasteiger partial charge in [-0.15, -0.1) is 0 Å². The van der Waals surface area contributed by atoms with Crippen molar-refractivity contribution in [3.05, 3.63) is 29.3 Å². The number of aryl methyl sites for hydroxylation is 1. The third kappa shape index (κ3) is 5.13. The van der Waals surface area contributed by atoms with Gasteiger partial charge in [-0.05, 0) is 36.5 Å². The molecule has 1 rings (SSSR count). The minimum atomic E-state index is -3.83. The fraction of sp³-hybridized carbons (Fsp3) is 0.533. The summed E-state index contributed by atoms with van der Waals surface area (Å²) in [5, 5.41) is 5.10. The van der Waals surface area contributed by atoms with E-state index < -0.39 is 16.0 Å². The zero-order valence-electron chi connectivity index (χ0n) is 12.8. The number of benzene rings is 1. The first kappa shape index (κ1) is 17.7. The van der Waals surface area contributed by atoms with E-state index in [0.717, 1.165) is 18.4 Å². The number of primary sulfonamides is 1. The second-order valence-electron chi connectivity index (χ2n) is 5.21. The van der Waals surface area contributed by atoms with E-state index in [1.165, 1.54) is 12.1 Å². The Balaban J connectivity index is 2.96. The maximum atomic E-state index is 12.2. The second-order valence-corrected chi connectivity index (χ2v) is 6.77. The van der Waals surface area contributed by atoms with Crippen molar-refractivity contribution in [2.24, 2.45) is 11.1 Å². The van der Waals surface area contributed by atoms with E-state index in [-0.39, 0.29) is 16.4 Å². The quantitative estimate of drug-likeness (QED) is 0.783. The highest BCUT2D eigenvalue weighted by molar-refractivity contribution is 7.89. The van der Waals surface area contributed by atoms with Crippen LogP contribution in [0.15, 0.2) is 23.1 Å². The van der Waals surface area contributed by atoms with E-state index in [2.05, 4.69) is 6.92 Å². The molecule has 0 heterocycles. The third-order valence-electron chi connectivity index (χ3n) is 3.29. The number of sulfonamides is 1. The Kier molecular flexibility index (Phi) is 6.36. The molecule has 118 valence electrons. The van der Waals surface area contributed by atoms with E-state index in [4.69, 9.17) is 9.88 Å². The van der Waals surface area contributed by atoms with Gasteiger partial charge >= 0.3 is 5.97 Å². The van der Waals surface area contributed by atoms with Gasteiger partial charge in [-0.1, -0.05) is 33.3 Å². The van der Waals surface area contributed by atoms with Gasteiger partial charge in [0.1, 0.15) is 0 Å². The van der Waals surface area contributed by atoms with Gasteiger partial charge in [-0.3, -0.25) is 0 Å². The first-order valence-corrected chi connectivity index (χ1v) is 8.67. The molecule has 0 fully saturated rings. The molecule has 5 nitrogen and oxygen atoms in total. The fourth-order valence-corrected chi connectivity index (χ4v) is 2.64. The average molecular weight is 313 g/mol. The SMILES string of the molecule is CCCC(C)COC(=O)c1cc(S(N)(=O)=O)ccc1CC. The van der Waals surface area contributed by atoms with Crippen LogP contribution in [0.2, 0.25) is 0 Å². The molecule has 0 aliphatic carbocycles. The molecule has 0 saturated carbocycles. The van der Waals surface area contributed by atoms with Gasteiger partial charge < -0.3 is 4.74 Å². The number of nitrogens with two attached hydrogens (primary N) is 1. The summed E-state index contributed by atoms with van der Waals surface area (Å²) in [6.45, 7) is 6.30. The maximum absolute atomic E-state index is 12.2. The minimum absolute atomic E-state index is 0.0757. The molecule has 0 spiro atoms. The number of hydrogen-bond donors (Lipinski definition) is 1. The lowest BCUT2D eigenvalue weighted by Crippen LogP contribution is -2.16. The second kappa shape index (κ2) is 7.56. The van der Waals surface area contributed by atoms with Crippen LogP contribution in [0.25, 0.3) is 0 Å². The van der Waals surface area contributed by atoms with Crippen LogP contribution in [-0.2, 0) is 21.2 Å². The lowest BCUT2D eigenvalue weighted by atomic mass is 10.1. The molecule has 0 aliphatic heterocycles. The standard InChI is InChI=1S/C15H23NO4S/c1-4-6-11(3)10-20-15(17)14-9-13(21(16,18)19)8-7-12(14)5-2/h7-9,11H,4-6,10H2,1-3H3,(H2,16,18,19). The zero-order chi connectivity index (χ0) is 16.0. The predicted molar refractivity (Wildman–Crippen MR) is 81.5 cm³/mol. The predicted octanol–water partition coefficient (Wildman–Crippen LogP) is 2.49. The number of carbonyl (C=O) groups excluding carboxylic acids is 1. The van der Waals surface area contributed by atoms with E-state index >= 15 is 0 Å². The first-order chi connectivity index (χ1) is 9.79. The van der Waals surface area contributed by atoms with Crippen molar-refractivity contribution < 1.29 is 17.9 Å². The van der Waals surface area contributed by atoms with Crippen molar-refractivity contribution in [3.63, 3.8) is 0 Å². The number of rotatable bonds is 7. The fourth-order valence-electron chi connectivity index (χ4n) is 2.10. The Labute approximate surface area is 126 Å². The molecule has 21 heavy (non-hydrogen) atoms. The number of esters is 1. The Morgan fingerprint density at radius 1 is 1.33 bits per heavy atom. The van der Waals surface area contributed by atoms with Gasteiger partial charge in [0.05, 0.1) is 17.1 Å². The molecule has 0 radical (unpaired) electrons. The van der Waals surface area contributed by atoms with E-state index in [1.807, 2.05) is 13.8 Å². The molecule has 0 aliphatic rings. The minimum Gasteiger partial charge on any atom is -0.462 e. The molecule has 6 heteroatoms. The topological polar surface area (TPSA) is 86.5 Å². The Bertz CT molecular complexity index is 596. The normalized spacial score (nSPS) is 13.0. The summed E-state index contributed by atoms with van der Waals surface area (Å²) < 4.78 is 28.0. The summed E-state index contributed by atoms with van der Waals surface area (Å²) in [5.74, 6) is -0.217. The highest BCUT2D eigenvalue weighted by atomic mass is 32.2. The van der Waals surface area contributed by atoms with Crippen LogP contribution in [0.4, 0.5) is 0 Å². The van der Waals surface area contributed by atoms with Gasteiger partial charge in [0.25, 0.3) is 0 Å². The lowest BCUT2D eigenvalue weighted by Gasteiger charge is -2.13. The van der Waals surface area contributed by atoms with Gasteiger partial charge in [0.15, 0.2) is 0 Å². The first-order valence-electron chi connectivity index (χ1n) is 7.12. The average Bonchev–Trinajstić information content (AvgIpc) is 2.43. The van der Waals surface area contributed by atoms with Crippen LogP contribution in [0.3, 0.4) is 0 Å². The van der Waals surface area contributed by atoms with Gasteiger partial charge in [-0.2, -0.15) is 0 Å². The van der Waals surface area contributed by atoms with Crippen LogP contribution >= 0.6 is 0 Å². The molecule has 1 aromatic rings. The van der Waals surface area contributed by atoms with Crippen LogP contribution < -0.4 is 5.14 Å². The lowest BCUT2D eigenvalue weighted by molar-refractivity contribution is 0.0442. The number of hydrogen-bond acceptors (Lipinski definition) is 4. The molecule has 0 bridgehead atoms. The molecular weight excluding hydrogens is 290 g/mol. The summed E-state index contributed by atoms with van der Waals surface area (Å²) in [7, 11) is -3.83.